The van der Waals surface area contributed by atoms with Crippen LogP contribution in [0.4, 0.5) is 0 Å². The van der Waals surface area contributed by atoms with Gasteiger partial charge in [0.05, 0.1) is 8.45 Å². The third-order valence-electron chi connectivity index (χ3n) is 3.13. The van der Waals surface area contributed by atoms with Crippen molar-refractivity contribution in [1.29, 1.82) is 0 Å². The second kappa shape index (κ2) is 8.51. The first-order valence-electron chi connectivity index (χ1n) is 6.90. The number of carbonyl (C=O) groups is 1. The number of carbonyl (C=O) groups excluding carboxylic acids is 1. The summed E-state index contributed by atoms with van der Waals surface area (Å²) in [5.41, 5.74) is 2.08. The van der Waals surface area contributed by atoms with Crippen molar-refractivity contribution in [3.63, 3.8) is 0 Å². The van der Waals surface area contributed by atoms with Crippen LogP contribution in [-0.4, -0.2) is 30.9 Å². The van der Waals surface area contributed by atoms with E-state index in [1.165, 1.54) is 5.56 Å². The molecule has 112 valence electrons. The average Bonchev–Trinajstić information content (AvgIpc) is 2.91. The summed E-state index contributed by atoms with van der Waals surface area (Å²) in [6, 6.07) is 12.3. The normalized spacial score (nSPS) is 10.8. The summed E-state index contributed by atoms with van der Waals surface area (Å²) in [6.45, 7) is 2.62. The Balaban J connectivity index is 1.64. The molecule has 0 aliphatic carbocycles. The molecule has 0 saturated carbocycles. The summed E-state index contributed by atoms with van der Waals surface area (Å²) in [6.07, 6.45) is 0.955. The van der Waals surface area contributed by atoms with E-state index in [-0.39, 0.29) is 5.91 Å². The minimum absolute atomic E-state index is 0.0277. The molecule has 1 N–H and O–H groups in total. The lowest BCUT2D eigenvalue weighted by atomic mass is 10.2. The molecule has 0 fully saturated rings. The number of amides is 1. The third-order valence-corrected chi connectivity index (χ3v) is 4.92. The van der Waals surface area contributed by atoms with Gasteiger partial charge < -0.3 is 10.2 Å². The molecule has 0 bridgehead atoms. The number of nitrogens with one attached hydrogen (secondary N) is 1. The van der Waals surface area contributed by atoms with Crippen LogP contribution in [0.15, 0.2) is 41.8 Å². The number of thiophene rings is 1. The smallest absolute Gasteiger partial charge is 0.252 e. The first-order valence-corrected chi connectivity index (χ1v) is 8.85. The molecule has 0 spiro atoms. The van der Waals surface area contributed by atoms with Crippen molar-refractivity contribution in [1.82, 2.24) is 10.2 Å². The van der Waals surface area contributed by atoms with E-state index in [1.54, 1.807) is 11.3 Å². The zero-order chi connectivity index (χ0) is 15.1. The van der Waals surface area contributed by atoms with Crippen LogP contribution < -0.4 is 5.32 Å². The van der Waals surface area contributed by atoms with Gasteiger partial charge in [-0.1, -0.05) is 30.3 Å². The minimum atomic E-state index is 0.0277. The first-order chi connectivity index (χ1) is 10.1. The van der Waals surface area contributed by atoms with Crippen molar-refractivity contribution in [3.8, 4) is 0 Å². The quantitative estimate of drug-likeness (QED) is 0.555. The summed E-state index contributed by atoms with van der Waals surface area (Å²) >= 11 is 3.83. The molecule has 0 unspecified atom stereocenters. The van der Waals surface area contributed by atoms with E-state index in [0.717, 1.165) is 28.0 Å². The van der Waals surface area contributed by atoms with Gasteiger partial charge in [-0.05, 0) is 54.2 Å². The summed E-state index contributed by atoms with van der Waals surface area (Å²) in [5.74, 6) is 0.0277. The van der Waals surface area contributed by atoms with Gasteiger partial charge in [-0.15, -0.1) is 11.3 Å². The van der Waals surface area contributed by atoms with E-state index >= 15 is 0 Å². The van der Waals surface area contributed by atoms with Crippen molar-refractivity contribution in [2.75, 3.05) is 20.1 Å². The SMILES string of the molecule is CN(CCCNC(=O)c1csc(I)c1)Cc1ccccc1. The number of rotatable bonds is 7. The Morgan fingerprint density at radius 2 is 2.10 bits per heavy atom. The van der Waals surface area contributed by atoms with Crippen LogP contribution in [0.1, 0.15) is 22.3 Å². The number of benzene rings is 1. The van der Waals surface area contributed by atoms with Crippen molar-refractivity contribution in [2.24, 2.45) is 0 Å². The molecule has 1 aromatic carbocycles. The fourth-order valence-electron chi connectivity index (χ4n) is 2.06. The molecular weight excluding hydrogens is 395 g/mol. The zero-order valence-corrected chi connectivity index (χ0v) is 15.0. The van der Waals surface area contributed by atoms with E-state index in [9.17, 15) is 4.79 Å². The Morgan fingerprint density at radius 3 is 2.76 bits per heavy atom. The van der Waals surface area contributed by atoms with Crippen molar-refractivity contribution < 1.29 is 4.79 Å². The van der Waals surface area contributed by atoms with Gasteiger partial charge in [0.1, 0.15) is 0 Å². The Bertz CT molecular complexity index is 571. The van der Waals surface area contributed by atoms with Crippen LogP contribution in [0.25, 0.3) is 0 Å². The van der Waals surface area contributed by atoms with Gasteiger partial charge in [0, 0.05) is 18.5 Å². The van der Waals surface area contributed by atoms with Crippen LogP contribution in [0.5, 0.6) is 0 Å². The van der Waals surface area contributed by atoms with Crippen LogP contribution in [-0.2, 0) is 6.54 Å². The molecule has 1 heterocycles. The summed E-state index contributed by atoms with van der Waals surface area (Å²) in [5, 5.41) is 4.87. The number of nitrogens with zero attached hydrogens (tertiary/aromatic N) is 1. The lowest BCUT2D eigenvalue weighted by Gasteiger charge is -2.16. The highest BCUT2D eigenvalue weighted by atomic mass is 127. The average molecular weight is 414 g/mol. The lowest BCUT2D eigenvalue weighted by Crippen LogP contribution is -2.27. The molecule has 0 aliphatic heterocycles. The van der Waals surface area contributed by atoms with E-state index in [1.807, 2.05) is 17.5 Å². The fourth-order valence-corrected chi connectivity index (χ4v) is 3.38. The van der Waals surface area contributed by atoms with Gasteiger partial charge in [0.15, 0.2) is 0 Å². The highest BCUT2D eigenvalue weighted by Gasteiger charge is 2.07. The molecule has 0 saturated heterocycles. The topological polar surface area (TPSA) is 32.3 Å². The highest BCUT2D eigenvalue weighted by Crippen LogP contribution is 2.16. The highest BCUT2D eigenvalue weighted by molar-refractivity contribution is 14.1. The molecule has 1 amide bonds. The molecule has 0 radical (unpaired) electrons. The maximum atomic E-state index is 11.9. The standard InChI is InChI=1S/C16H19IN2OS/c1-19(11-13-6-3-2-4-7-13)9-5-8-18-16(20)14-10-15(17)21-12-14/h2-4,6-7,10,12H,5,8-9,11H2,1H3,(H,18,20). The molecule has 0 atom stereocenters. The summed E-state index contributed by atoms with van der Waals surface area (Å²) < 4.78 is 1.14. The number of halogens is 1. The Labute approximate surface area is 143 Å². The predicted octanol–water partition coefficient (Wildman–Crippen LogP) is 3.60. The van der Waals surface area contributed by atoms with Crippen molar-refractivity contribution >= 4 is 39.8 Å². The molecule has 2 rings (SSSR count). The van der Waals surface area contributed by atoms with Gasteiger partial charge in [-0.25, -0.2) is 0 Å². The Hall–Kier alpha value is -0.920. The van der Waals surface area contributed by atoms with Crippen LogP contribution in [0, 0.1) is 2.88 Å². The van der Waals surface area contributed by atoms with Gasteiger partial charge >= 0.3 is 0 Å². The van der Waals surface area contributed by atoms with Crippen LogP contribution >= 0.6 is 33.9 Å². The second-order valence-electron chi connectivity index (χ2n) is 4.97. The van der Waals surface area contributed by atoms with Crippen LogP contribution in [0.2, 0.25) is 0 Å². The molecule has 21 heavy (non-hydrogen) atoms. The lowest BCUT2D eigenvalue weighted by molar-refractivity contribution is 0.0952. The molecule has 1 aromatic heterocycles. The minimum Gasteiger partial charge on any atom is -0.352 e. The first kappa shape index (κ1) is 16.5. The molecular formula is C16H19IN2OS. The number of hydrogen-bond donors (Lipinski definition) is 1. The maximum absolute atomic E-state index is 11.9. The molecule has 2 aromatic rings. The Morgan fingerprint density at radius 1 is 1.33 bits per heavy atom. The van der Waals surface area contributed by atoms with E-state index < -0.39 is 0 Å². The molecule has 0 aliphatic rings. The Kier molecular flexibility index (Phi) is 6.66. The second-order valence-corrected chi connectivity index (χ2v) is 7.78. The maximum Gasteiger partial charge on any atom is 0.252 e. The summed E-state index contributed by atoms with van der Waals surface area (Å²) in [7, 11) is 2.11. The zero-order valence-electron chi connectivity index (χ0n) is 12.0. The fraction of sp³-hybridized carbons (Fsp3) is 0.312. The van der Waals surface area contributed by atoms with Crippen molar-refractivity contribution in [2.45, 2.75) is 13.0 Å². The van der Waals surface area contributed by atoms with Gasteiger partial charge in [-0.2, -0.15) is 0 Å². The largest absolute Gasteiger partial charge is 0.352 e. The van der Waals surface area contributed by atoms with Gasteiger partial charge in [-0.3, -0.25) is 4.79 Å². The number of hydrogen-bond acceptors (Lipinski definition) is 3. The summed E-state index contributed by atoms with van der Waals surface area (Å²) in [4.78, 5) is 14.1. The van der Waals surface area contributed by atoms with Crippen molar-refractivity contribution in [3.05, 3.63) is 55.8 Å². The molecule has 3 nitrogen and oxygen atoms in total. The van der Waals surface area contributed by atoms with E-state index in [2.05, 4.69) is 64.1 Å². The van der Waals surface area contributed by atoms with E-state index in [0.29, 0.717) is 6.54 Å². The molecule has 5 heteroatoms. The van der Waals surface area contributed by atoms with Gasteiger partial charge in [0.2, 0.25) is 0 Å². The monoisotopic (exact) mass is 414 g/mol. The van der Waals surface area contributed by atoms with E-state index in [4.69, 9.17) is 0 Å². The van der Waals surface area contributed by atoms with Gasteiger partial charge in [0.25, 0.3) is 5.91 Å². The predicted molar refractivity (Wildman–Crippen MR) is 96.8 cm³/mol. The van der Waals surface area contributed by atoms with Crippen LogP contribution in [0.3, 0.4) is 0 Å². The third kappa shape index (κ3) is 5.76.